The summed E-state index contributed by atoms with van der Waals surface area (Å²) in [4.78, 5) is 23.3. The van der Waals surface area contributed by atoms with Gasteiger partial charge in [-0.1, -0.05) is 24.3 Å². The van der Waals surface area contributed by atoms with Crippen molar-refractivity contribution in [2.75, 3.05) is 5.32 Å². The van der Waals surface area contributed by atoms with Gasteiger partial charge in [-0.05, 0) is 36.2 Å². The molecule has 108 valence electrons. The van der Waals surface area contributed by atoms with E-state index < -0.39 is 5.97 Å². The second-order valence-corrected chi connectivity index (χ2v) is 4.65. The van der Waals surface area contributed by atoms with Crippen LogP contribution in [0.25, 0.3) is 0 Å². The third-order valence-corrected chi connectivity index (χ3v) is 3.21. The first-order valence-electron chi connectivity index (χ1n) is 6.46. The number of carboxylic acid groups (broad SMARTS) is 1. The Morgan fingerprint density at radius 2 is 1.90 bits per heavy atom. The van der Waals surface area contributed by atoms with Gasteiger partial charge in [0.25, 0.3) is 5.91 Å². The van der Waals surface area contributed by atoms with E-state index in [2.05, 4.69) is 5.32 Å². The van der Waals surface area contributed by atoms with Gasteiger partial charge in [-0.25, -0.2) is 4.79 Å². The van der Waals surface area contributed by atoms with Crippen LogP contribution in [0.1, 0.15) is 31.8 Å². The van der Waals surface area contributed by atoms with Gasteiger partial charge in [0, 0.05) is 17.8 Å². The van der Waals surface area contributed by atoms with Gasteiger partial charge in [0.1, 0.15) is 0 Å². The van der Waals surface area contributed by atoms with Crippen LogP contribution >= 0.6 is 0 Å². The summed E-state index contributed by atoms with van der Waals surface area (Å²) in [6.07, 6.45) is 0. The summed E-state index contributed by atoms with van der Waals surface area (Å²) < 4.78 is 0. The van der Waals surface area contributed by atoms with E-state index in [1.54, 1.807) is 31.2 Å². The maximum Gasteiger partial charge on any atom is 0.335 e. The van der Waals surface area contributed by atoms with Crippen LogP contribution in [0.15, 0.2) is 42.5 Å². The Morgan fingerprint density at radius 1 is 1.19 bits per heavy atom. The first-order chi connectivity index (χ1) is 10.0. The van der Waals surface area contributed by atoms with E-state index in [-0.39, 0.29) is 18.0 Å². The maximum atomic E-state index is 12.3. The number of nitrogens with one attached hydrogen (secondary N) is 1. The van der Waals surface area contributed by atoms with Gasteiger partial charge in [0.15, 0.2) is 0 Å². The van der Waals surface area contributed by atoms with Crippen molar-refractivity contribution in [1.29, 1.82) is 0 Å². The highest BCUT2D eigenvalue weighted by molar-refractivity contribution is 6.06. The van der Waals surface area contributed by atoms with E-state index in [4.69, 9.17) is 10.8 Å². The monoisotopic (exact) mass is 284 g/mol. The molecule has 2 aromatic carbocycles. The molecule has 0 atom stereocenters. The van der Waals surface area contributed by atoms with Crippen LogP contribution in [0.4, 0.5) is 5.69 Å². The molecule has 0 saturated carbocycles. The number of aromatic carboxylic acids is 1. The Bertz CT molecular complexity index is 696. The fraction of sp³-hybridized carbons (Fsp3) is 0.125. The Hall–Kier alpha value is -2.66. The summed E-state index contributed by atoms with van der Waals surface area (Å²) >= 11 is 0. The summed E-state index contributed by atoms with van der Waals surface area (Å²) in [5.41, 5.74) is 8.24. The minimum atomic E-state index is -1.03. The van der Waals surface area contributed by atoms with E-state index in [0.717, 1.165) is 11.1 Å². The highest BCUT2D eigenvalue weighted by Gasteiger charge is 2.13. The van der Waals surface area contributed by atoms with Crippen molar-refractivity contribution in [3.05, 3.63) is 64.7 Å². The van der Waals surface area contributed by atoms with Crippen LogP contribution in [0, 0.1) is 6.92 Å². The molecule has 0 unspecified atom stereocenters. The van der Waals surface area contributed by atoms with Gasteiger partial charge in [0.2, 0.25) is 0 Å². The van der Waals surface area contributed by atoms with Crippen LogP contribution in [0.2, 0.25) is 0 Å². The first-order valence-corrected chi connectivity index (χ1v) is 6.46. The lowest BCUT2D eigenvalue weighted by molar-refractivity contribution is 0.0696. The van der Waals surface area contributed by atoms with E-state index >= 15 is 0 Å². The summed E-state index contributed by atoms with van der Waals surface area (Å²) in [5.74, 6) is -1.34. The molecule has 4 N–H and O–H groups in total. The number of rotatable bonds is 4. The predicted octanol–water partition coefficient (Wildman–Crippen LogP) is 2.40. The zero-order valence-electron chi connectivity index (χ0n) is 11.6. The van der Waals surface area contributed by atoms with Gasteiger partial charge < -0.3 is 16.2 Å². The molecule has 0 heterocycles. The average Bonchev–Trinajstić information content (AvgIpc) is 2.49. The Kier molecular flexibility index (Phi) is 4.35. The third-order valence-electron chi connectivity index (χ3n) is 3.21. The SMILES string of the molecule is Cc1ccc(C(=O)O)cc1NC(=O)c1ccccc1CN. The predicted molar refractivity (Wildman–Crippen MR) is 80.4 cm³/mol. The molecule has 0 aromatic heterocycles. The van der Waals surface area contributed by atoms with Gasteiger partial charge in [-0.3, -0.25) is 4.79 Å². The van der Waals surface area contributed by atoms with Crippen molar-refractivity contribution in [1.82, 2.24) is 0 Å². The van der Waals surface area contributed by atoms with Crippen molar-refractivity contribution < 1.29 is 14.7 Å². The molecular formula is C16H16N2O3. The van der Waals surface area contributed by atoms with Crippen LogP contribution in [-0.4, -0.2) is 17.0 Å². The number of nitrogens with two attached hydrogens (primary N) is 1. The highest BCUT2D eigenvalue weighted by Crippen LogP contribution is 2.19. The topological polar surface area (TPSA) is 92.4 Å². The molecule has 0 aliphatic carbocycles. The molecule has 0 saturated heterocycles. The molecule has 0 fully saturated rings. The molecule has 0 aliphatic heterocycles. The van der Waals surface area contributed by atoms with E-state index in [1.807, 2.05) is 6.07 Å². The molecule has 5 heteroatoms. The number of amides is 1. The number of hydrogen-bond acceptors (Lipinski definition) is 3. The Morgan fingerprint density at radius 3 is 2.57 bits per heavy atom. The normalized spacial score (nSPS) is 10.2. The smallest absolute Gasteiger partial charge is 0.335 e. The van der Waals surface area contributed by atoms with Gasteiger partial charge >= 0.3 is 5.97 Å². The van der Waals surface area contributed by atoms with E-state index in [1.165, 1.54) is 12.1 Å². The fourth-order valence-electron chi connectivity index (χ4n) is 2.00. The zero-order valence-corrected chi connectivity index (χ0v) is 11.6. The molecule has 0 aliphatic rings. The fourth-order valence-corrected chi connectivity index (χ4v) is 2.00. The summed E-state index contributed by atoms with van der Waals surface area (Å²) in [5, 5.41) is 11.7. The number of carbonyl (C=O) groups excluding carboxylic acids is 1. The summed E-state index contributed by atoms with van der Waals surface area (Å²) in [6, 6.07) is 11.7. The molecule has 5 nitrogen and oxygen atoms in total. The molecule has 21 heavy (non-hydrogen) atoms. The number of anilines is 1. The van der Waals surface area contributed by atoms with Crippen molar-refractivity contribution in [3.63, 3.8) is 0 Å². The lowest BCUT2D eigenvalue weighted by atomic mass is 10.1. The number of carboxylic acids is 1. The number of benzene rings is 2. The van der Waals surface area contributed by atoms with E-state index in [9.17, 15) is 9.59 Å². The van der Waals surface area contributed by atoms with Crippen molar-refractivity contribution in [2.24, 2.45) is 5.73 Å². The standard InChI is InChI=1S/C16H16N2O3/c1-10-6-7-11(16(20)21)8-14(10)18-15(19)13-5-3-2-4-12(13)9-17/h2-8H,9,17H2,1H3,(H,18,19)(H,20,21). The number of hydrogen-bond donors (Lipinski definition) is 3. The summed E-state index contributed by atoms with van der Waals surface area (Å²) in [7, 11) is 0. The highest BCUT2D eigenvalue weighted by atomic mass is 16.4. The minimum absolute atomic E-state index is 0.128. The van der Waals surface area contributed by atoms with Crippen molar-refractivity contribution >= 4 is 17.6 Å². The second-order valence-electron chi connectivity index (χ2n) is 4.65. The number of carbonyl (C=O) groups is 2. The third kappa shape index (κ3) is 3.27. The summed E-state index contributed by atoms with van der Waals surface area (Å²) in [6.45, 7) is 2.06. The Labute approximate surface area is 122 Å². The second kappa shape index (κ2) is 6.19. The number of aryl methyl sites for hydroxylation is 1. The van der Waals surface area contributed by atoms with Gasteiger partial charge in [-0.15, -0.1) is 0 Å². The van der Waals surface area contributed by atoms with Crippen LogP contribution in [-0.2, 0) is 6.54 Å². The molecule has 2 aromatic rings. The van der Waals surface area contributed by atoms with Crippen LogP contribution < -0.4 is 11.1 Å². The Balaban J connectivity index is 2.31. The average molecular weight is 284 g/mol. The molecule has 2 rings (SSSR count). The van der Waals surface area contributed by atoms with Crippen LogP contribution in [0.3, 0.4) is 0 Å². The lowest BCUT2D eigenvalue weighted by Gasteiger charge is -2.11. The lowest BCUT2D eigenvalue weighted by Crippen LogP contribution is -2.16. The molecule has 0 bridgehead atoms. The van der Waals surface area contributed by atoms with Gasteiger partial charge in [0.05, 0.1) is 5.56 Å². The van der Waals surface area contributed by atoms with Crippen molar-refractivity contribution in [2.45, 2.75) is 13.5 Å². The zero-order chi connectivity index (χ0) is 15.4. The largest absolute Gasteiger partial charge is 0.478 e. The minimum Gasteiger partial charge on any atom is -0.478 e. The molecule has 1 amide bonds. The molecular weight excluding hydrogens is 268 g/mol. The molecule has 0 radical (unpaired) electrons. The van der Waals surface area contributed by atoms with Gasteiger partial charge in [-0.2, -0.15) is 0 Å². The first kappa shape index (κ1) is 14.7. The maximum absolute atomic E-state index is 12.3. The van der Waals surface area contributed by atoms with E-state index in [0.29, 0.717) is 11.3 Å². The molecule has 0 spiro atoms. The van der Waals surface area contributed by atoms with Crippen molar-refractivity contribution in [3.8, 4) is 0 Å². The van der Waals surface area contributed by atoms with Crippen LogP contribution in [0.5, 0.6) is 0 Å². The quantitative estimate of drug-likeness (QED) is 0.803.